The molecular weight excluding hydrogens is 418 g/mol. The van der Waals surface area contributed by atoms with Gasteiger partial charge in [0.05, 0.1) is 29.8 Å². The van der Waals surface area contributed by atoms with Crippen LogP contribution >= 0.6 is 15.9 Å². The zero-order chi connectivity index (χ0) is 19.9. The Morgan fingerprint density at radius 2 is 1.75 bits per heavy atom. The van der Waals surface area contributed by atoms with Gasteiger partial charge in [0.15, 0.2) is 0 Å². The van der Waals surface area contributed by atoms with Crippen molar-refractivity contribution in [3.05, 3.63) is 57.1 Å². The third-order valence-corrected chi connectivity index (χ3v) is 6.85. The molecule has 1 spiro atoms. The molecule has 1 heterocycles. The summed E-state index contributed by atoms with van der Waals surface area (Å²) in [4.78, 5) is 15.7. The Kier molecular flexibility index (Phi) is 5.13. The second-order valence-corrected chi connectivity index (χ2v) is 8.64. The quantitative estimate of drug-likeness (QED) is 0.617. The van der Waals surface area contributed by atoms with Gasteiger partial charge in [-0.25, -0.2) is 0 Å². The summed E-state index contributed by atoms with van der Waals surface area (Å²) in [7, 11) is 3.36. The van der Waals surface area contributed by atoms with Crippen molar-refractivity contribution in [3.63, 3.8) is 0 Å². The largest absolute Gasteiger partial charge is 0.497 e. The minimum absolute atomic E-state index is 0.121. The second kappa shape index (κ2) is 7.43. The molecule has 0 aromatic heterocycles. The zero-order valence-electron chi connectivity index (χ0n) is 16.7. The van der Waals surface area contributed by atoms with Gasteiger partial charge in [-0.2, -0.15) is 0 Å². The fourth-order valence-electron chi connectivity index (χ4n) is 4.93. The molecule has 5 heteroatoms. The molecule has 0 unspecified atom stereocenters. The number of methoxy groups -OCH3 is 2. The molecule has 0 bridgehead atoms. The maximum atomic E-state index is 13.6. The predicted molar refractivity (Wildman–Crippen MR) is 113 cm³/mol. The Morgan fingerprint density at radius 1 is 1.07 bits per heavy atom. The minimum Gasteiger partial charge on any atom is -0.497 e. The maximum Gasteiger partial charge on any atom is 0.255 e. The first-order valence-electron chi connectivity index (χ1n) is 9.84. The fourth-order valence-corrected chi connectivity index (χ4v) is 5.64. The number of nitrogens with zero attached hydrogens (tertiary/aromatic N) is 1. The number of amides is 1. The molecule has 28 heavy (non-hydrogen) atoms. The number of rotatable bonds is 4. The highest BCUT2D eigenvalue weighted by Gasteiger charge is 2.52. The first-order valence-corrected chi connectivity index (χ1v) is 10.6. The highest BCUT2D eigenvalue weighted by molar-refractivity contribution is 9.10. The molecule has 0 atom stereocenters. The number of aryl methyl sites for hydroxylation is 1. The van der Waals surface area contributed by atoms with Crippen LogP contribution in [-0.2, 0) is 12.1 Å². The van der Waals surface area contributed by atoms with Crippen LogP contribution in [0, 0.1) is 6.92 Å². The monoisotopic (exact) mass is 443 g/mol. The zero-order valence-corrected chi connectivity index (χ0v) is 18.3. The topological polar surface area (TPSA) is 38.8 Å². The van der Waals surface area contributed by atoms with Gasteiger partial charge in [-0.3, -0.25) is 4.79 Å². The molecule has 1 fully saturated rings. The molecule has 1 aliphatic carbocycles. The standard InChI is InChI=1S/C23H26BrNO3/c1-15-13-18(24)21(28-3)20-19(15)22(26)25(23(20)11-5-4-6-12-23)14-16-7-9-17(27-2)10-8-16/h7-10,13H,4-6,11-12,14H2,1-3H3. The molecule has 1 saturated carbocycles. The number of carbonyl (C=O) groups excluding carboxylic acids is 1. The summed E-state index contributed by atoms with van der Waals surface area (Å²) >= 11 is 3.66. The Bertz CT molecular complexity index is 901. The molecule has 1 amide bonds. The number of hydrogen-bond acceptors (Lipinski definition) is 3. The van der Waals surface area contributed by atoms with Crippen molar-refractivity contribution in [2.75, 3.05) is 14.2 Å². The lowest BCUT2D eigenvalue weighted by Gasteiger charge is -2.42. The van der Waals surface area contributed by atoms with Crippen molar-refractivity contribution in [3.8, 4) is 11.5 Å². The van der Waals surface area contributed by atoms with Crippen LogP contribution in [0.1, 0.15) is 59.2 Å². The molecule has 4 nitrogen and oxygen atoms in total. The molecule has 4 rings (SSSR count). The fraction of sp³-hybridized carbons (Fsp3) is 0.435. The summed E-state index contributed by atoms with van der Waals surface area (Å²) in [6.45, 7) is 2.62. The van der Waals surface area contributed by atoms with E-state index in [0.29, 0.717) is 6.54 Å². The van der Waals surface area contributed by atoms with Crippen LogP contribution in [-0.4, -0.2) is 25.0 Å². The van der Waals surface area contributed by atoms with Crippen LogP contribution in [0.3, 0.4) is 0 Å². The number of benzene rings is 2. The van der Waals surface area contributed by atoms with Crippen LogP contribution in [0.5, 0.6) is 11.5 Å². The van der Waals surface area contributed by atoms with Crippen molar-refractivity contribution in [2.24, 2.45) is 0 Å². The first kappa shape index (κ1) is 19.3. The normalized spacial score (nSPS) is 17.7. The van der Waals surface area contributed by atoms with Gasteiger partial charge in [0.1, 0.15) is 11.5 Å². The minimum atomic E-state index is -0.287. The Morgan fingerprint density at radius 3 is 2.36 bits per heavy atom. The van der Waals surface area contributed by atoms with E-state index in [1.54, 1.807) is 14.2 Å². The van der Waals surface area contributed by atoms with Crippen molar-refractivity contribution < 1.29 is 14.3 Å². The number of fused-ring (bicyclic) bond motifs is 2. The van der Waals surface area contributed by atoms with Crippen molar-refractivity contribution in [1.82, 2.24) is 4.90 Å². The van der Waals surface area contributed by atoms with Crippen molar-refractivity contribution in [2.45, 2.75) is 51.1 Å². The number of hydrogen-bond donors (Lipinski definition) is 0. The lowest BCUT2D eigenvalue weighted by Crippen LogP contribution is -2.44. The summed E-state index contributed by atoms with van der Waals surface area (Å²) in [5, 5.41) is 0. The second-order valence-electron chi connectivity index (χ2n) is 7.79. The molecular formula is C23H26BrNO3. The van der Waals surface area contributed by atoms with E-state index >= 15 is 0 Å². The van der Waals surface area contributed by atoms with E-state index in [1.807, 2.05) is 37.3 Å². The molecule has 148 valence electrons. The van der Waals surface area contributed by atoms with Gasteiger partial charge in [0.25, 0.3) is 5.91 Å². The number of ether oxygens (including phenoxy) is 2. The third kappa shape index (κ3) is 2.91. The van der Waals surface area contributed by atoms with Gasteiger partial charge in [0.2, 0.25) is 0 Å². The SMILES string of the molecule is COc1ccc(CN2C(=O)c3c(C)cc(Br)c(OC)c3C23CCCCC3)cc1. The lowest BCUT2D eigenvalue weighted by molar-refractivity contribution is 0.0380. The average molecular weight is 444 g/mol. The summed E-state index contributed by atoms with van der Waals surface area (Å²) in [6.07, 6.45) is 5.43. The van der Waals surface area contributed by atoms with Gasteiger partial charge in [-0.15, -0.1) is 0 Å². The molecule has 1 aliphatic heterocycles. The highest BCUT2D eigenvalue weighted by Crippen LogP contribution is 2.55. The highest BCUT2D eigenvalue weighted by atomic mass is 79.9. The summed E-state index contributed by atoms with van der Waals surface area (Å²) in [5.41, 5.74) is 3.75. The van der Waals surface area contributed by atoms with E-state index in [1.165, 1.54) is 6.42 Å². The average Bonchev–Trinajstić information content (AvgIpc) is 2.93. The van der Waals surface area contributed by atoms with E-state index < -0.39 is 0 Å². The molecule has 0 N–H and O–H groups in total. The van der Waals surface area contributed by atoms with Crippen LogP contribution in [0.4, 0.5) is 0 Å². The summed E-state index contributed by atoms with van der Waals surface area (Å²) in [6, 6.07) is 10.0. The van der Waals surface area contributed by atoms with Crippen molar-refractivity contribution in [1.29, 1.82) is 0 Å². The van der Waals surface area contributed by atoms with Gasteiger partial charge in [0, 0.05) is 12.1 Å². The van der Waals surface area contributed by atoms with Crippen molar-refractivity contribution >= 4 is 21.8 Å². The Labute approximate surface area is 175 Å². The number of halogens is 1. The molecule has 2 aromatic rings. The van der Waals surface area contributed by atoms with Crippen LogP contribution < -0.4 is 9.47 Å². The third-order valence-electron chi connectivity index (χ3n) is 6.26. The molecule has 0 radical (unpaired) electrons. The van der Waals surface area contributed by atoms with E-state index in [2.05, 4.69) is 20.8 Å². The molecule has 0 saturated heterocycles. The Balaban J connectivity index is 1.84. The Hall–Kier alpha value is -2.01. The van der Waals surface area contributed by atoms with Gasteiger partial charge >= 0.3 is 0 Å². The molecule has 2 aliphatic rings. The lowest BCUT2D eigenvalue weighted by atomic mass is 9.75. The van der Waals surface area contributed by atoms with Gasteiger partial charge in [-0.1, -0.05) is 31.4 Å². The summed E-state index contributed by atoms with van der Waals surface area (Å²) in [5.74, 6) is 1.76. The maximum absolute atomic E-state index is 13.6. The number of carbonyl (C=O) groups is 1. The van der Waals surface area contributed by atoms with E-state index in [9.17, 15) is 4.79 Å². The van der Waals surface area contributed by atoms with E-state index in [-0.39, 0.29) is 11.4 Å². The van der Waals surface area contributed by atoms with E-state index in [4.69, 9.17) is 9.47 Å². The van der Waals surface area contributed by atoms with Crippen LogP contribution in [0.15, 0.2) is 34.8 Å². The van der Waals surface area contributed by atoms with Gasteiger partial charge in [-0.05, 0) is 65.0 Å². The van der Waals surface area contributed by atoms with Crippen LogP contribution in [0.25, 0.3) is 0 Å². The van der Waals surface area contributed by atoms with E-state index in [0.717, 1.165) is 63.9 Å². The molecule has 2 aromatic carbocycles. The predicted octanol–water partition coefficient (Wildman–Crippen LogP) is 5.59. The summed E-state index contributed by atoms with van der Waals surface area (Å²) < 4.78 is 12.0. The smallest absolute Gasteiger partial charge is 0.255 e. The van der Waals surface area contributed by atoms with Crippen LogP contribution in [0.2, 0.25) is 0 Å². The van der Waals surface area contributed by atoms with Gasteiger partial charge < -0.3 is 14.4 Å². The first-order chi connectivity index (χ1) is 13.5.